The number of thiophene rings is 1. The van der Waals surface area contributed by atoms with E-state index in [0.29, 0.717) is 12.3 Å². The molecule has 27 heavy (non-hydrogen) atoms. The molecule has 2 aromatic rings. The van der Waals surface area contributed by atoms with E-state index in [4.69, 9.17) is 4.74 Å². The predicted molar refractivity (Wildman–Crippen MR) is 108 cm³/mol. The highest BCUT2D eigenvalue weighted by atomic mass is 32.1. The fraction of sp³-hybridized carbons (Fsp3) is 0.400. The topological polar surface area (TPSA) is 70.7 Å². The third kappa shape index (κ3) is 4.60. The second-order valence-electron chi connectivity index (χ2n) is 6.44. The van der Waals surface area contributed by atoms with Crippen LogP contribution in [0.2, 0.25) is 0 Å². The first-order valence-corrected chi connectivity index (χ1v) is 10.1. The summed E-state index contributed by atoms with van der Waals surface area (Å²) < 4.78 is 4.92. The Labute approximate surface area is 163 Å². The lowest BCUT2D eigenvalue weighted by Crippen LogP contribution is -2.35. The maximum absolute atomic E-state index is 12.8. The molecule has 2 N–H and O–H groups in total. The van der Waals surface area contributed by atoms with E-state index < -0.39 is 6.09 Å². The summed E-state index contributed by atoms with van der Waals surface area (Å²) in [6.45, 7) is 5.01. The first-order chi connectivity index (χ1) is 13.1. The van der Waals surface area contributed by atoms with Crippen LogP contribution in [-0.2, 0) is 9.53 Å². The first-order valence-electron chi connectivity index (χ1n) is 9.20. The number of amides is 2. The van der Waals surface area contributed by atoms with Gasteiger partial charge in [0.1, 0.15) is 0 Å². The highest BCUT2D eigenvalue weighted by Crippen LogP contribution is 2.34. The Kier molecular flexibility index (Phi) is 6.34. The number of benzene rings is 1. The van der Waals surface area contributed by atoms with Gasteiger partial charge in [-0.3, -0.25) is 10.1 Å². The number of rotatable bonds is 6. The van der Waals surface area contributed by atoms with Crippen LogP contribution in [0, 0.1) is 6.92 Å². The monoisotopic (exact) mass is 387 g/mol. The molecule has 1 fully saturated rings. The summed E-state index contributed by atoms with van der Waals surface area (Å²) in [5, 5.41) is 8.00. The molecule has 1 unspecified atom stereocenters. The van der Waals surface area contributed by atoms with Gasteiger partial charge >= 0.3 is 6.09 Å². The predicted octanol–water partition coefficient (Wildman–Crippen LogP) is 4.40. The number of nitrogens with one attached hydrogen (secondary N) is 2. The van der Waals surface area contributed by atoms with Crippen molar-refractivity contribution in [2.24, 2.45) is 0 Å². The van der Waals surface area contributed by atoms with Crippen molar-refractivity contribution in [2.45, 2.75) is 32.7 Å². The number of carbonyl (C=O) groups is 2. The molecular weight excluding hydrogens is 362 g/mol. The number of hydrogen-bond acceptors (Lipinski definition) is 5. The van der Waals surface area contributed by atoms with Gasteiger partial charge in [0.2, 0.25) is 5.91 Å². The highest BCUT2D eigenvalue weighted by Gasteiger charge is 2.30. The third-order valence-electron chi connectivity index (χ3n) is 4.72. The van der Waals surface area contributed by atoms with E-state index in [1.807, 2.05) is 36.1 Å². The Morgan fingerprint density at radius 3 is 2.81 bits per heavy atom. The molecule has 1 aliphatic rings. The molecule has 1 aromatic heterocycles. The van der Waals surface area contributed by atoms with E-state index in [9.17, 15) is 9.59 Å². The summed E-state index contributed by atoms with van der Waals surface area (Å²) in [4.78, 5) is 27.6. The fourth-order valence-electron chi connectivity index (χ4n) is 3.35. The molecule has 0 bridgehead atoms. The molecule has 2 amide bonds. The number of nitrogens with zero attached hydrogens (tertiary/aromatic N) is 1. The Hall–Kier alpha value is -2.54. The van der Waals surface area contributed by atoms with Crippen molar-refractivity contribution in [1.29, 1.82) is 0 Å². The molecule has 1 atom stereocenters. The number of carbonyl (C=O) groups excluding carboxylic acids is 2. The summed E-state index contributed by atoms with van der Waals surface area (Å²) in [6, 6.07) is 9.88. The third-order valence-corrected chi connectivity index (χ3v) is 5.69. The molecule has 0 saturated carbocycles. The van der Waals surface area contributed by atoms with E-state index in [2.05, 4.69) is 22.1 Å². The molecule has 2 heterocycles. The van der Waals surface area contributed by atoms with Gasteiger partial charge in [0.25, 0.3) is 0 Å². The maximum Gasteiger partial charge on any atom is 0.411 e. The molecule has 0 spiro atoms. The molecule has 1 aliphatic heterocycles. The summed E-state index contributed by atoms with van der Waals surface area (Å²) in [5.74, 6) is 0.0917. The number of ether oxygens (including phenoxy) is 1. The minimum atomic E-state index is -0.482. The fourth-order valence-corrected chi connectivity index (χ4v) is 4.23. The molecule has 0 radical (unpaired) electrons. The minimum Gasteiger partial charge on any atom is -0.450 e. The van der Waals surface area contributed by atoms with Crippen molar-refractivity contribution in [1.82, 2.24) is 4.90 Å². The van der Waals surface area contributed by atoms with Gasteiger partial charge in [0.05, 0.1) is 19.2 Å². The summed E-state index contributed by atoms with van der Waals surface area (Å²) >= 11 is 1.70. The smallest absolute Gasteiger partial charge is 0.411 e. The molecule has 0 aliphatic carbocycles. The van der Waals surface area contributed by atoms with Crippen LogP contribution in [-0.4, -0.2) is 36.6 Å². The Bertz CT molecular complexity index is 792. The lowest BCUT2D eigenvalue weighted by atomic mass is 10.1. The van der Waals surface area contributed by atoms with Crippen molar-refractivity contribution in [3.63, 3.8) is 0 Å². The summed E-state index contributed by atoms with van der Waals surface area (Å²) in [5.41, 5.74) is 2.36. The van der Waals surface area contributed by atoms with Gasteiger partial charge in [-0.2, -0.15) is 0 Å². The molecule has 1 saturated heterocycles. The van der Waals surface area contributed by atoms with Gasteiger partial charge in [0.15, 0.2) is 0 Å². The number of likely N-dealkylation sites (tertiary alicyclic amines) is 1. The van der Waals surface area contributed by atoms with E-state index >= 15 is 0 Å². The average Bonchev–Trinajstić information content (AvgIpc) is 3.33. The van der Waals surface area contributed by atoms with Crippen molar-refractivity contribution in [3.8, 4) is 0 Å². The van der Waals surface area contributed by atoms with Crippen molar-refractivity contribution < 1.29 is 14.3 Å². The molecule has 3 rings (SSSR count). The molecule has 7 heteroatoms. The standard InChI is InChI=1S/C20H25N3O3S/c1-3-26-20(25)22-16-8-4-7-15(14(16)2)21-13-19(24)23-11-5-9-17(23)18-10-6-12-27-18/h4,6-8,10,12,17,21H,3,5,9,11,13H2,1-2H3,(H,22,25). The average molecular weight is 388 g/mol. The zero-order chi connectivity index (χ0) is 19.2. The SMILES string of the molecule is CCOC(=O)Nc1cccc(NCC(=O)N2CCCC2c2cccs2)c1C. The Morgan fingerprint density at radius 2 is 2.07 bits per heavy atom. The van der Waals surface area contributed by atoms with Crippen molar-refractivity contribution >= 4 is 34.7 Å². The van der Waals surface area contributed by atoms with Gasteiger partial charge in [-0.15, -0.1) is 11.3 Å². The second-order valence-corrected chi connectivity index (χ2v) is 7.42. The van der Waals surface area contributed by atoms with Gasteiger partial charge < -0.3 is 15.0 Å². The molecular formula is C20H25N3O3S. The maximum atomic E-state index is 12.8. The largest absolute Gasteiger partial charge is 0.450 e. The Balaban J connectivity index is 1.62. The van der Waals surface area contributed by atoms with Gasteiger partial charge in [-0.05, 0) is 55.8 Å². The van der Waals surface area contributed by atoms with Crippen LogP contribution in [0.3, 0.4) is 0 Å². The van der Waals surface area contributed by atoms with Crippen molar-refractivity contribution in [2.75, 3.05) is 30.3 Å². The zero-order valence-corrected chi connectivity index (χ0v) is 16.5. The normalized spacial score (nSPS) is 16.2. The second kappa shape index (κ2) is 8.90. The molecule has 6 nitrogen and oxygen atoms in total. The van der Waals surface area contributed by atoms with Crippen LogP contribution in [0.4, 0.5) is 16.2 Å². The van der Waals surface area contributed by atoms with Gasteiger partial charge in [0, 0.05) is 22.8 Å². The van der Waals surface area contributed by atoms with Crippen LogP contribution in [0.25, 0.3) is 0 Å². The first kappa shape index (κ1) is 19.2. The van der Waals surface area contributed by atoms with Crippen LogP contribution in [0.1, 0.15) is 36.2 Å². The molecule has 144 valence electrons. The van der Waals surface area contributed by atoms with E-state index in [0.717, 1.165) is 30.6 Å². The summed E-state index contributed by atoms with van der Waals surface area (Å²) in [6.07, 6.45) is 1.57. The minimum absolute atomic E-state index is 0.0917. The van der Waals surface area contributed by atoms with Crippen molar-refractivity contribution in [3.05, 3.63) is 46.2 Å². The van der Waals surface area contributed by atoms with E-state index in [-0.39, 0.29) is 18.5 Å². The van der Waals surface area contributed by atoms with Crippen LogP contribution in [0.5, 0.6) is 0 Å². The van der Waals surface area contributed by atoms with Crippen LogP contribution in [0.15, 0.2) is 35.7 Å². The van der Waals surface area contributed by atoms with Crippen LogP contribution >= 0.6 is 11.3 Å². The van der Waals surface area contributed by atoms with Crippen LogP contribution < -0.4 is 10.6 Å². The summed E-state index contributed by atoms with van der Waals surface area (Å²) in [7, 11) is 0. The number of hydrogen-bond donors (Lipinski definition) is 2. The number of anilines is 2. The van der Waals surface area contributed by atoms with Gasteiger partial charge in [-0.25, -0.2) is 4.79 Å². The Morgan fingerprint density at radius 1 is 1.26 bits per heavy atom. The quantitative estimate of drug-likeness (QED) is 0.771. The van der Waals surface area contributed by atoms with Gasteiger partial charge in [-0.1, -0.05) is 12.1 Å². The lowest BCUT2D eigenvalue weighted by Gasteiger charge is -2.24. The lowest BCUT2D eigenvalue weighted by molar-refractivity contribution is -0.130. The molecule has 1 aromatic carbocycles. The highest BCUT2D eigenvalue weighted by molar-refractivity contribution is 7.10. The zero-order valence-electron chi connectivity index (χ0n) is 15.7. The van der Waals surface area contributed by atoms with E-state index in [1.165, 1.54) is 4.88 Å². The van der Waals surface area contributed by atoms with E-state index in [1.54, 1.807) is 18.3 Å².